The molecular formula is C11H18N4O2. The minimum atomic E-state index is 0.179. The van der Waals surface area contributed by atoms with Crippen molar-refractivity contribution >= 4 is 11.5 Å². The second-order valence-corrected chi connectivity index (χ2v) is 4.10. The van der Waals surface area contributed by atoms with Crippen LogP contribution in [0, 0.1) is 0 Å². The Balaban J connectivity index is 2.25. The Bertz CT molecular complexity index is 386. The van der Waals surface area contributed by atoms with Gasteiger partial charge in [0.15, 0.2) is 5.82 Å². The fraction of sp³-hybridized carbons (Fsp3) is 0.636. The molecule has 0 radical (unpaired) electrons. The topological polar surface area (TPSA) is 73.5 Å². The molecule has 1 aromatic rings. The van der Waals surface area contributed by atoms with Crippen LogP contribution in [0.4, 0.5) is 11.5 Å². The van der Waals surface area contributed by atoms with Crippen LogP contribution in [0.1, 0.15) is 13.3 Å². The number of rotatable bonds is 2. The highest BCUT2D eigenvalue weighted by Gasteiger charge is 2.20. The second kappa shape index (κ2) is 5.18. The van der Waals surface area contributed by atoms with E-state index in [9.17, 15) is 0 Å². The van der Waals surface area contributed by atoms with Crippen LogP contribution in [0.2, 0.25) is 0 Å². The van der Waals surface area contributed by atoms with Gasteiger partial charge in [-0.05, 0) is 13.3 Å². The van der Waals surface area contributed by atoms with Gasteiger partial charge < -0.3 is 20.1 Å². The van der Waals surface area contributed by atoms with Crippen molar-refractivity contribution in [2.24, 2.45) is 0 Å². The highest BCUT2D eigenvalue weighted by molar-refractivity contribution is 5.67. The van der Waals surface area contributed by atoms with E-state index in [1.54, 1.807) is 7.11 Å². The minimum Gasteiger partial charge on any atom is -0.479 e. The van der Waals surface area contributed by atoms with Gasteiger partial charge in [0.1, 0.15) is 12.0 Å². The van der Waals surface area contributed by atoms with Crippen LogP contribution in [-0.4, -0.2) is 42.9 Å². The third kappa shape index (κ3) is 2.58. The Kier molecular flexibility index (Phi) is 3.63. The lowest BCUT2D eigenvalue weighted by Crippen LogP contribution is -2.31. The van der Waals surface area contributed by atoms with E-state index >= 15 is 0 Å². The molecule has 1 aromatic heterocycles. The van der Waals surface area contributed by atoms with E-state index < -0.39 is 0 Å². The Morgan fingerprint density at radius 3 is 3.12 bits per heavy atom. The average Bonchev–Trinajstić information content (AvgIpc) is 2.54. The number of aromatic nitrogens is 2. The molecule has 94 valence electrons. The van der Waals surface area contributed by atoms with Crippen molar-refractivity contribution in [3.8, 4) is 5.88 Å². The minimum absolute atomic E-state index is 0.179. The van der Waals surface area contributed by atoms with Crippen LogP contribution in [0.5, 0.6) is 5.88 Å². The summed E-state index contributed by atoms with van der Waals surface area (Å²) in [6, 6.07) is 0. The maximum absolute atomic E-state index is 5.99. The summed E-state index contributed by atoms with van der Waals surface area (Å²) in [5.74, 6) is 1.15. The molecule has 2 rings (SSSR count). The predicted molar refractivity (Wildman–Crippen MR) is 65.2 cm³/mol. The van der Waals surface area contributed by atoms with Gasteiger partial charge in [0.2, 0.25) is 5.88 Å². The maximum atomic E-state index is 5.99. The number of ether oxygens (including phenoxy) is 2. The number of hydrogen-bond donors (Lipinski definition) is 1. The van der Waals surface area contributed by atoms with Gasteiger partial charge in [-0.1, -0.05) is 0 Å². The van der Waals surface area contributed by atoms with Gasteiger partial charge in [-0.15, -0.1) is 0 Å². The molecule has 1 aliphatic rings. The van der Waals surface area contributed by atoms with Crippen molar-refractivity contribution in [3.05, 3.63) is 6.33 Å². The predicted octanol–water partition coefficient (Wildman–Crippen LogP) is 0.683. The standard InChI is InChI=1S/C11H18N4O2/c1-8-6-15(4-3-5-17-8)10-9(12)11(16-2)14-7-13-10/h7-8H,3-6,12H2,1-2H3. The number of nitrogen functional groups attached to an aromatic ring is 1. The zero-order valence-electron chi connectivity index (χ0n) is 10.2. The molecule has 2 heterocycles. The van der Waals surface area contributed by atoms with E-state index in [-0.39, 0.29) is 6.10 Å². The van der Waals surface area contributed by atoms with Crippen molar-refractivity contribution < 1.29 is 9.47 Å². The van der Waals surface area contributed by atoms with Crippen molar-refractivity contribution in [1.82, 2.24) is 9.97 Å². The third-order valence-electron chi connectivity index (χ3n) is 2.77. The molecule has 1 atom stereocenters. The van der Waals surface area contributed by atoms with Crippen LogP contribution >= 0.6 is 0 Å². The molecule has 0 aromatic carbocycles. The van der Waals surface area contributed by atoms with Gasteiger partial charge in [0.25, 0.3) is 0 Å². The van der Waals surface area contributed by atoms with Gasteiger partial charge in [-0.25, -0.2) is 4.98 Å². The van der Waals surface area contributed by atoms with Crippen LogP contribution in [0.25, 0.3) is 0 Å². The molecule has 6 nitrogen and oxygen atoms in total. The average molecular weight is 238 g/mol. The summed E-state index contributed by atoms with van der Waals surface area (Å²) in [7, 11) is 1.55. The first-order valence-corrected chi connectivity index (χ1v) is 5.73. The fourth-order valence-electron chi connectivity index (χ4n) is 1.97. The first-order chi connectivity index (χ1) is 8.22. The number of hydrogen-bond acceptors (Lipinski definition) is 6. The summed E-state index contributed by atoms with van der Waals surface area (Å²) in [6.45, 7) is 4.49. The number of anilines is 2. The molecule has 0 bridgehead atoms. The largest absolute Gasteiger partial charge is 0.479 e. The second-order valence-electron chi connectivity index (χ2n) is 4.10. The summed E-state index contributed by atoms with van der Waals surface area (Å²) in [6.07, 6.45) is 2.62. The van der Waals surface area contributed by atoms with Gasteiger partial charge in [0.05, 0.1) is 13.2 Å². The highest BCUT2D eigenvalue weighted by atomic mass is 16.5. The smallest absolute Gasteiger partial charge is 0.242 e. The van der Waals surface area contributed by atoms with E-state index in [1.807, 2.05) is 6.92 Å². The molecule has 1 fully saturated rings. The van der Waals surface area contributed by atoms with Gasteiger partial charge in [-0.3, -0.25) is 0 Å². The quantitative estimate of drug-likeness (QED) is 0.817. The summed E-state index contributed by atoms with van der Waals surface area (Å²) in [4.78, 5) is 10.3. The van der Waals surface area contributed by atoms with Gasteiger partial charge in [-0.2, -0.15) is 4.98 Å². The normalized spacial score (nSPS) is 21.1. The lowest BCUT2D eigenvalue weighted by Gasteiger charge is -2.24. The molecule has 17 heavy (non-hydrogen) atoms. The molecule has 2 N–H and O–H groups in total. The van der Waals surface area contributed by atoms with Crippen LogP contribution in [-0.2, 0) is 4.74 Å². The Hall–Kier alpha value is -1.56. The molecule has 0 saturated carbocycles. The Morgan fingerprint density at radius 2 is 2.35 bits per heavy atom. The Labute approximate surface area is 101 Å². The summed E-state index contributed by atoms with van der Waals surface area (Å²) in [5.41, 5.74) is 6.48. The number of nitrogens with two attached hydrogens (primary N) is 1. The molecule has 0 spiro atoms. The van der Waals surface area contributed by atoms with Crippen molar-refractivity contribution in [2.75, 3.05) is 37.4 Å². The molecule has 1 saturated heterocycles. The third-order valence-corrected chi connectivity index (χ3v) is 2.77. The SMILES string of the molecule is COc1ncnc(N2CCCOC(C)C2)c1N. The van der Waals surface area contributed by atoms with E-state index in [1.165, 1.54) is 6.33 Å². The summed E-state index contributed by atoms with van der Waals surface area (Å²) < 4.78 is 10.7. The zero-order chi connectivity index (χ0) is 12.3. The number of methoxy groups -OCH3 is 1. The summed E-state index contributed by atoms with van der Waals surface area (Å²) >= 11 is 0. The number of nitrogens with zero attached hydrogens (tertiary/aromatic N) is 3. The first kappa shape index (κ1) is 11.9. The van der Waals surface area contributed by atoms with Crippen LogP contribution in [0.3, 0.4) is 0 Å². The van der Waals surface area contributed by atoms with E-state index in [0.29, 0.717) is 11.6 Å². The van der Waals surface area contributed by atoms with Crippen molar-refractivity contribution in [1.29, 1.82) is 0 Å². The van der Waals surface area contributed by atoms with Crippen molar-refractivity contribution in [2.45, 2.75) is 19.4 Å². The summed E-state index contributed by atoms with van der Waals surface area (Å²) in [5, 5.41) is 0. The molecule has 1 unspecified atom stereocenters. The monoisotopic (exact) mass is 238 g/mol. The fourth-order valence-corrected chi connectivity index (χ4v) is 1.97. The Morgan fingerprint density at radius 1 is 1.53 bits per heavy atom. The molecule has 0 amide bonds. The molecule has 1 aliphatic heterocycles. The maximum Gasteiger partial charge on any atom is 0.242 e. The molecule has 0 aliphatic carbocycles. The molecular weight excluding hydrogens is 220 g/mol. The molecule has 6 heteroatoms. The zero-order valence-corrected chi connectivity index (χ0v) is 10.2. The van der Waals surface area contributed by atoms with E-state index in [4.69, 9.17) is 15.2 Å². The lowest BCUT2D eigenvalue weighted by atomic mass is 10.3. The lowest BCUT2D eigenvalue weighted by molar-refractivity contribution is 0.0820. The van der Waals surface area contributed by atoms with E-state index in [0.717, 1.165) is 31.9 Å². The highest BCUT2D eigenvalue weighted by Crippen LogP contribution is 2.28. The van der Waals surface area contributed by atoms with Crippen molar-refractivity contribution in [3.63, 3.8) is 0 Å². The van der Waals surface area contributed by atoms with Crippen LogP contribution in [0.15, 0.2) is 6.33 Å². The van der Waals surface area contributed by atoms with Crippen LogP contribution < -0.4 is 15.4 Å². The van der Waals surface area contributed by atoms with E-state index in [2.05, 4.69) is 14.9 Å². The van der Waals surface area contributed by atoms with Gasteiger partial charge in [0, 0.05) is 19.7 Å². The van der Waals surface area contributed by atoms with Gasteiger partial charge >= 0.3 is 0 Å². The first-order valence-electron chi connectivity index (χ1n) is 5.73.